The summed E-state index contributed by atoms with van der Waals surface area (Å²) in [5.41, 5.74) is 5.62. The van der Waals surface area contributed by atoms with Crippen molar-refractivity contribution in [3.63, 3.8) is 0 Å². The molecule has 2 aromatic rings. The molecule has 0 unspecified atom stereocenters. The van der Waals surface area contributed by atoms with Gasteiger partial charge in [0.2, 0.25) is 5.91 Å². The molecular formula is C23H27NO. The normalized spacial score (nSPS) is 13.2. The van der Waals surface area contributed by atoms with Crippen LogP contribution >= 0.6 is 0 Å². The predicted octanol–water partition coefficient (Wildman–Crippen LogP) is 4.97. The van der Waals surface area contributed by atoms with E-state index >= 15 is 0 Å². The van der Waals surface area contributed by atoms with Crippen LogP contribution in [0.1, 0.15) is 44.4 Å². The molecule has 0 aromatic heterocycles. The number of benzene rings is 2. The summed E-state index contributed by atoms with van der Waals surface area (Å²) in [7, 11) is 0. The van der Waals surface area contributed by atoms with Gasteiger partial charge in [-0.25, -0.2) is 0 Å². The lowest BCUT2D eigenvalue weighted by Crippen LogP contribution is -2.41. The van der Waals surface area contributed by atoms with Crippen molar-refractivity contribution < 1.29 is 4.79 Å². The average molecular weight is 333 g/mol. The van der Waals surface area contributed by atoms with E-state index in [4.69, 9.17) is 0 Å². The molecule has 1 aliphatic carbocycles. The quantitative estimate of drug-likeness (QED) is 0.822. The highest BCUT2D eigenvalue weighted by Crippen LogP contribution is 2.29. The summed E-state index contributed by atoms with van der Waals surface area (Å²) < 4.78 is 0. The van der Waals surface area contributed by atoms with Gasteiger partial charge in [-0.05, 0) is 60.1 Å². The topological polar surface area (TPSA) is 29.1 Å². The van der Waals surface area contributed by atoms with Crippen molar-refractivity contribution in [3.05, 3.63) is 65.2 Å². The minimum Gasteiger partial charge on any atom is -0.355 e. The van der Waals surface area contributed by atoms with Gasteiger partial charge in [0, 0.05) is 6.54 Å². The summed E-state index contributed by atoms with van der Waals surface area (Å²) in [5.74, 6) is 0.535. The fourth-order valence-electron chi connectivity index (χ4n) is 3.16. The molecule has 130 valence electrons. The van der Waals surface area contributed by atoms with Crippen molar-refractivity contribution in [2.24, 2.45) is 5.92 Å². The fourth-order valence-corrected chi connectivity index (χ4v) is 3.16. The highest BCUT2D eigenvalue weighted by Gasteiger charge is 2.29. The Kier molecular flexibility index (Phi) is 4.80. The third-order valence-corrected chi connectivity index (χ3v) is 4.96. The number of rotatable bonds is 5. The van der Waals surface area contributed by atoms with Gasteiger partial charge in [0.1, 0.15) is 0 Å². The lowest BCUT2D eigenvalue weighted by molar-refractivity contribution is -0.125. The minimum absolute atomic E-state index is 0.0802. The van der Waals surface area contributed by atoms with Crippen molar-refractivity contribution in [3.8, 4) is 11.1 Å². The number of carbonyl (C=O) groups excluding carboxylic acids is 1. The van der Waals surface area contributed by atoms with Crippen molar-refractivity contribution in [2.45, 2.75) is 39.5 Å². The van der Waals surface area contributed by atoms with Crippen LogP contribution in [0, 0.1) is 5.92 Å². The largest absolute Gasteiger partial charge is 0.355 e. The summed E-state index contributed by atoms with van der Waals surface area (Å²) in [6, 6.07) is 15.0. The van der Waals surface area contributed by atoms with E-state index < -0.39 is 5.41 Å². The summed E-state index contributed by atoms with van der Waals surface area (Å²) >= 11 is 0. The van der Waals surface area contributed by atoms with Crippen LogP contribution in [-0.2, 0) is 16.6 Å². The number of carbonyl (C=O) groups is 1. The predicted molar refractivity (Wildman–Crippen MR) is 105 cm³/mol. The van der Waals surface area contributed by atoms with E-state index in [1.807, 2.05) is 13.8 Å². The van der Waals surface area contributed by atoms with Crippen LogP contribution in [0.15, 0.2) is 48.5 Å². The summed E-state index contributed by atoms with van der Waals surface area (Å²) in [6.07, 6.45) is 5.43. The molecule has 2 heteroatoms. The van der Waals surface area contributed by atoms with Crippen molar-refractivity contribution in [1.82, 2.24) is 5.32 Å². The van der Waals surface area contributed by atoms with E-state index in [-0.39, 0.29) is 5.91 Å². The number of allylic oxidation sites excluding steroid dienone is 1. The van der Waals surface area contributed by atoms with Gasteiger partial charge < -0.3 is 5.32 Å². The molecule has 0 spiro atoms. The first-order valence-electron chi connectivity index (χ1n) is 9.06. The number of hydrogen-bond donors (Lipinski definition) is 1. The Morgan fingerprint density at radius 3 is 2.44 bits per heavy atom. The van der Waals surface area contributed by atoms with E-state index in [2.05, 4.69) is 73.8 Å². The number of hydrogen-bond acceptors (Lipinski definition) is 1. The molecule has 0 heterocycles. The molecule has 25 heavy (non-hydrogen) atoms. The smallest absolute Gasteiger partial charge is 0.230 e. The summed E-state index contributed by atoms with van der Waals surface area (Å²) in [6.45, 7) is 8.89. The third-order valence-electron chi connectivity index (χ3n) is 4.96. The molecule has 3 rings (SSSR count). The first-order valence-corrected chi connectivity index (χ1v) is 9.06. The van der Waals surface area contributed by atoms with Gasteiger partial charge in [-0.1, -0.05) is 62.4 Å². The van der Waals surface area contributed by atoms with Crippen LogP contribution < -0.4 is 5.32 Å². The Balaban J connectivity index is 1.79. The van der Waals surface area contributed by atoms with Gasteiger partial charge in [0.05, 0.1) is 5.41 Å². The molecule has 2 nitrogen and oxygen atoms in total. The van der Waals surface area contributed by atoms with Gasteiger partial charge in [-0.2, -0.15) is 0 Å². The van der Waals surface area contributed by atoms with Crippen LogP contribution in [0.25, 0.3) is 17.2 Å². The van der Waals surface area contributed by atoms with E-state index in [1.54, 1.807) is 0 Å². The molecule has 0 aliphatic heterocycles. The summed E-state index contributed by atoms with van der Waals surface area (Å²) in [4.78, 5) is 12.5. The van der Waals surface area contributed by atoms with E-state index in [9.17, 15) is 4.79 Å². The second-order valence-electron chi connectivity index (χ2n) is 7.83. The van der Waals surface area contributed by atoms with Crippen molar-refractivity contribution in [2.75, 3.05) is 6.54 Å². The van der Waals surface area contributed by atoms with Crippen LogP contribution in [0.5, 0.6) is 0 Å². The number of fused-ring (bicyclic) bond motifs is 1. The lowest BCUT2D eigenvalue weighted by atomic mass is 9.83. The second kappa shape index (κ2) is 6.87. The van der Waals surface area contributed by atoms with Gasteiger partial charge in [-0.15, -0.1) is 0 Å². The maximum atomic E-state index is 12.5. The zero-order valence-electron chi connectivity index (χ0n) is 15.6. The number of nitrogens with one attached hydrogen (secondary N) is 1. The Bertz CT molecular complexity index is 797. The highest BCUT2D eigenvalue weighted by molar-refractivity contribution is 5.87. The maximum Gasteiger partial charge on any atom is 0.230 e. The lowest BCUT2D eigenvalue weighted by Gasteiger charge is -2.25. The SMILES string of the molecule is CC(C)CNC(=O)C(C)(C)c1ccc(-c2ccc3c(c2)C=CC3)cc1. The average Bonchev–Trinajstić information content (AvgIpc) is 3.07. The summed E-state index contributed by atoms with van der Waals surface area (Å²) in [5, 5.41) is 3.05. The minimum atomic E-state index is -0.534. The Hall–Kier alpha value is -2.35. The van der Waals surface area contributed by atoms with Crippen molar-refractivity contribution >= 4 is 12.0 Å². The number of amides is 1. The van der Waals surface area contributed by atoms with E-state index in [1.165, 1.54) is 22.3 Å². The van der Waals surface area contributed by atoms with Crippen LogP contribution in [0.4, 0.5) is 0 Å². The molecule has 0 atom stereocenters. The second-order valence-corrected chi connectivity index (χ2v) is 7.83. The molecule has 0 radical (unpaired) electrons. The molecule has 2 aromatic carbocycles. The monoisotopic (exact) mass is 333 g/mol. The standard InChI is InChI=1S/C23H27NO/c1-16(2)15-24-22(25)23(3,4)21-12-10-18(11-13-21)20-9-8-17-6-5-7-19(17)14-20/h5,7-14,16H,6,15H2,1-4H3,(H,24,25). The zero-order chi connectivity index (χ0) is 18.0. The van der Waals surface area contributed by atoms with Gasteiger partial charge >= 0.3 is 0 Å². The molecular weight excluding hydrogens is 306 g/mol. The fraction of sp³-hybridized carbons (Fsp3) is 0.348. The molecule has 0 saturated carbocycles. The first-order chi connectivity index (χ1) is 11.9. The molecule has 0 saturated heterocycles. The third kappa shape index (κ3) is 3.68. The first kappa shape index (κ1) is 17.5. The molecule has 1 amide bonds. The van der Waals surface area contributed by atoms with Crippen LogP contribution in [0.3, 0.4) is 0 Å². The molecule has 1 aliphatic rings. The van der Waals surface area contributed by atoms with Crippen LogP contribution in [0.2, 0.25) is 0 Å². The Morgan fingerprint density at radius 2 is 1.76 bits per heavy atom. The Morgan fingerprint density at radius 1 is 1.08 bits per heavy atom. The molecule has 0 fully saturated rings. The maximum absolute atomic E-state index is 12.5. The van der Waals surface area contributed by atoms with Gasteiger partial charge in [0.25, 0.3) is 0 Å². The van der Waals surface area contributed by atoms with E-state index in [0.29, 0.717) is 12.5 Å². The van der Waals surface area contributed by atoms with E-state index in [0.717, 1.165) is 12.0 Å². The highest BCUT2D eigenvalue weighted by atomic mass is 16.2. The molecule has 1 N–H and O–H groups in total. The molecule has 0 bridgehead atoms. The Labute approximate surface area is 151 Å². The zero-order valence-corrected chi connectivity index (χ0v) is 15.6. The van der Waals surface area contributed by atoms with Crippen molar-refractivity contribution in [1.29, 1.82) is 0 Å². The van der Waals surface area contributed by atoms with Gasteiger partial charge in [-0.3, -0.25) is 4.79 Å². The van der Waals surface area contributed by atoms with Crippen LogP contribution in [-0.4, -0.2) is 12.5 Å². The van der Waals surface area contributed by atoms with Gasteiger partial charge in [0.15, 0.2) is 0 Å².